The van der Waals surface area contributed by atoms with Crippen LogP contribution in [0, 0.1) is 11.3 Å². The van der Waals surface area contributed by atoms with Crippen molar-refractivity contribution in [2.75, 3.05) is 13.2 Å². The van der Waals surface area contributed by atoms with Crippen molar-refractivity contribution in [1.29, 1.82) is 0 Å². The molecule has 5 heteroatoms. The van der Waals surface area contributed by atoms with Crippen LogP contribution >= 0.6 is 0 Å². The highest BCUT2D eigenvalue weighted by Gasteiger charge is 2.29. The quantitative estimate of drug-likeness (QED) is 0.779. The van der Waals surface area contributed by atoms with Crippen LogP contribution in [0.3, 0.4) is 0 Å². The van der Waals surface area contributed by atoms with Crippen LogP contribution < -0.4 is 5.73 Å². The van der Waals surface area contributed by atoms with Gasteiger partial charge in [-0.15, -0.1) is 0 Å². The Kier molecular flexibility index (Phi) is 5.71. The fraction of sp³-hybridized carbons (Fsp3) is 0.867. The van der Waals surface area contributed by atoms with Crippen molar-refractivity contribution in [3.63, 3.8) is 0 Å². The van der Waals surface area contributed by atoms with Gasteiger partial charge in [0.2, 0.25) is 5.89 Å². The third-order valence-electron chi connectivity index (χ3n) is 3.69. The van der Waals surface area contributed by atoms with Gasteiger partial charge in [0.1, 0.15) is 5.54 Å². The first-order valence-corrected chi connectivity index (χ1v) is 7.36. The summed E-state index contributed by atoms with van der Waals surface area (Å²) in [5.74, 6) is 1.62. The van der Waals surface area contributed by atoms with Crippen LogP contribution in [0.1, 0.15) is 59.7 Å². The van der Waals surface area contributed by atoms with E-state index in [2.05, 4.69) is 44.8 Å². The van der Waals surface area contributed by atoms with Gasteiger partial charge in [-0.1, -0.05) is 39.8 Å². The first kappa shape index (κ1) is 17.1. The molecule has 2 atom stereocenters. The monoisotopic (exact) mass is 283 g/mol. The molecule has 1 aromatic heterocycles. The molecule has 2 unspecified atom stereocenters. The van der Waals surface area contributed by atoms with Gasteiger partial charge < -0.3 is 15.0 Å². The molecule has 0 bridgehead atoms. The third kappa shape index (κ3) is 4.87. The lowest BCUT2D eigenvalue weighted by Crippen LogP contribution is -2.39. The Labute approximate surface area is 122 Å². The van der Waals surface area contributed by atoms with Crippen molar-refractivity contribution in [3.8, 4) is 0 Å². The normalized spacial score (nSPS) is 16.9. The number of aromatic nitrogens is 2. The topological polar surface area (TPSA) is 74.2 Å². The number of rotatable bonds is 7. The number of hydrogen-bond donors (Lipinski definition) is 1. The summed E-state index contributed by atoms with van der Waals surface area (Å²) in [5, 5.41) is 4.01. The van der Waals surface area contributed by atoms with Crippen molar-refractivity contribution < 1.29 is 9.26 Å². The zero-order valence-corrected chi connectivity index (χ0v) is 13.7. The van der Waals surface area contributed by atoms with Gasteiger partial charge in [-0.3, -0.25) is 0 Å². The van der Waals surface area contributed by atoms with Gasteiger partial charge in [0.25, 0.3) is 0 Å². The predicted octanol–water partition coefficient (Wildman–Crippen LogP) is 2.89. The van der Waals surface area contributed by atoms with E-state index in [1.54, 1.807) is 0 Å². The minimum absolute atomic E-state index is 0.213. The smallest absolute Gasteiger partial charge is 0.227 e. The summed E-state index contributed by atoms with van der Waals surface area (Å²) in [6, 6.07) is 0. The second kappa shape index (κ2) is 6.68. The highest BCUT2D eigenvalue weighted by atomic mass is 16.5. The molecular formula is C15H29N3O2. The summed E-state index contributed by atoms with van der Waals surface area (Å²) in [5.41, 5.74) is 5.71. The summed E-state index contributed by atoms with van der Waals surface area (Å²) >= 11 is 0. The Morgan fingerprint density at radius 3 is 2.50 bits per heavy atom. The summed E-state index contributed by atoms with van der Waals surface area (Å²) in [7, 11) is 0. The Morgan fingerprint density at radius 2 is 1.95 bits per heavy atom. The molecule has 0 aromatic carbocycles. The largest absolute Gasteiger partial charge is 0.379 e. The maximum absolute atomic E-state index is 6.20. The Morgan fingerprint density at radius 1 is 1.30 bits per heavy atom. The van der Waals surface area contributed by atoms with Gasteiger partial charge in [0.05, 0.1) is 6.61 Å². The number of ether oxygens (including phenoxy) is 1. The van der Waals surface area contributed by atoms with Crippen molar-refractivity contribution in [2.45, 2.75) is 59.9 Å². The molecule has 0 aliphatic heterocycles. The Balaban J connectivity index is 2.66. The van der Waals surface area contributed by atoms with Crippen molar-refractivity contribution in [2.24, 2.45) is 17.1 Å². The van der Waals surface area contributed by atoms with E-state index in [1.165, 1.54) is 0 Å². The zero-order valence-electron chi connectivity index (χ0n) is 13.7. The van der Waals surface area contributed by atoms with Crippen LogP contribution in [-0.2, 0) is 16.7 Å². The summed E-state index contributed by atoms with van der Waals surface area (Å²) in [6.45, 7) is 13.8. The van der Waals surface area contributed by atoms with Crippen molar-refractivity contribution >= 4 is 0 Å². The first-order valence-electron chi connectivity index (χ1n) is 7.36. The van der Waals surface area contributed by atoms with E-state index < -0.39 is 5.54 Å². The molecule has 0 saturated carbocycles. The SMILES string of the molecule is CCCOCC(C)(N)c1noc(CC(C)C(C)(C)C)n1. The highest BCUT2D eigenvalue weighted by Crippen LogP contribution is 2.28. The van der Waals surface area contributed by atoms with E-state index in [4.69, 9.17) is 15.0 Å². The van der Waals surface area contributed by atoms with Crippen molar-refractivity contribution in [3.05, 3.63) is 11.7 Å². The van der Waals surface area contributed by atoms with Gasteiger partial charge in [-0.05, 0) is 24.7 Å². The van der Waals surface area contributed by atoms with Crippen molar-refractivity contribution in [1.82, 2.24) is 10.1 Å². The van der Waals surface area contributed by atoms with Gasteiger partial charge in [-0.25, -0.2) is 0 Å². The summed E-state index contributed by atoms with van der Waals surface area (Å²) < 4.78 is 10.8. The summed E-state index contributed by atoms with van der Waals surface area (Å²) in [6.07, 6.45) is 1.74. The molecule has 0 aliphatic rings. The highest BCUT2D eigenvalue weighted by molar-refractivity contribution is 5.02. The van der Waals surface area contributed by atoms with Crippen LogP contribution in [0.4, 0.5) is 0 Å². The van der Waals surface area contributed by atoms with E-state index in [0.29, 0.717) is 30.8 Å². The molecule has 0 amide bonds. The predicted molar refractivity (Wildman–Crippen MR) is 79.3 cm³/mol. The standard InChI is InChI=1S/C15H29N3O2/c1-7-8-19-10-15(6,16)13-17-12(20-18-13)9-11(2)14(3,4)5/h11H,7-10,16H2,1-6H3. The second-order valence-electron chi connectivity index (χ2n) is 6.95. The van der Waals surface area contributed by atoms with Crippen LogP contribution in [0.25, 0.3) is 0 Å². The van der Waals surface area contributed by atoms with Gasteiger partial charge in [0, 0.05) is 13.0 Å². The molecule has 1 heterocycles. The lowest BCUT2D eigenvalue weighted by atomic mass is 9.80. The fourth-order valence-electron chi connectivity index (χ4n) is 1.63. The maximum atomic E-state index is 6.20. The average molecular weight is 283 g/mol. The van der Waals surface area contributed by atoms with Gasteiger partial charge >= 0.3 is 0 Å². The van der Waals surface area contributed by atoms with Crippen LogP contribution in [-0.4, -0.2) is 23.4 Å². The molecule has 0 saturated heterocycles. The van der Waals surface area contributed by atoms with E-state index in [-0.39, 0.29) is 5.41 Å². The van der Waals surface area contributed by atoms with E-state index >= 15 is 0 Å². The maximum Gasteiger partial charge on any atom is 0.227 e. The third-order valence-corrected chi connectivity index (χ3v) is 3.69. The van der Waals surface area contributed by atoms with Crippen LogP contribution in [0.15, 0.2) is 4.52 Å². The summed E-state index contributed by atoms with van der Waals surface area (Å²) in [4.78, 5) is 4.43. The second-order valence-corrected chi connectivity index (χ2v) is 6.95. The molecule has 0 aliphatic carbocycles. The molecule has 0 fully saturated rings. The molecular weight excluding hydrogens is 254 g/mol. The minimum Gasteiger partial charge on any atom is -0.379 e. The minimum atomic E-state index is -0.706. The lowest BCUT2D eigenvalue weighted by Gasteiger charge is -2.25. The molecule has 1 aromatic rings. The number of nitrogens with zero attached hydrogens (tertiary/aromatic N) is 2. The lowest BCUT2D eigenvalue weighted by molar-refractivity contribution is 0.0867. The number of hydrogen-bond acceptors (Lipinski definition) is 5. The van der Waals surface area contributed by atoms with E-state index in [1.807, 2.05) is 6.92 Å². The van der Waals surface area contributed by atoms with E-state index in [0.717, 1.165) is 12.8 Å². The van der Waals surface area contributed by atoms with E-state index in [9.17, 15) is 0 Å². The molecule has 20 heavy (non-hydrogen) atoms. The molecule has 5 nitrogen and oxygen atoms in total. The molecule has 1 rings (SSSR count). The zero-order chi connectivity index (χ0) is 15.4. The Hall–Kier alpha value is -0.940. The van der Waals surface area contributed by atoms with Gasteiger partial charge in [0.15, 0.2) is 5.82 Å². The molecule has 0 radical (unpaired) electrons. The van der Waals surface area contributed by atoms with Crippen LogP contribution in [0.2, 0.25) is 0 Å². The Bertz CT molecular complexity index is 407. The van der Waals surface area contributed by atoms with Gasteiger partial charge in [-0.2, -0.15) is 4.98 Å². The number of nitrogens with two attached hydrogens (primary N) is 1. The molecule has 0 spiro atoms. The molecule has 116 valence electrons. The first-order chi connectivity index (χ1) is 9.16. The molecule has 2 N–H and O–H groups in total. The fourth-order valence-corrected chi connectivity index (χ4v) is 1.63. The van der Waals surface area contributed by atoms with Crippen LogP contribution in [0.5, 0.6) is 0 Å². The average Bonchev–Trinajstić information content (AvgIpc) is 2.77.